The first-order valence-corrected chi connectivity index (χ1v) is 7.04. The van der Waals surface area contributed by atoms with Crippen molar-refractivity contribution < 1.29 is 0 Å². The Morgan fingerprint density at radius 3 is 2.11 bits per heavy atom. The summed E-state index contributed by atoms with van der Waals surface area (Å²) in [5.74, 6) is 0. The van der Waals surface area contributed by atoms with Crippen molar-refractivity contribution in [3.63, 3.8) is 0 Å². The van der Waals surface area contributed by atoms with Gasteiger partial charge in [-0.25, -0.2) is 0 Å². The number of hydrogen-bond donors (Lipinski definition) is 0. The molecular formula is C18H26. The first kappa shape index (κ1) is 16.4. The summed E-state index contributed by atoms with van der Waals surface area (Å²) in [4.78, 5) is 0. The molecule has 2 rings (SSSR count). The third-order valence-corrected chi connectivity index (χ3v) is 2.34. The van der Waals surface area contributed by atoms with Crippen LogP contribution in [-0.2, 0) is 0 Å². The van der Waals surface area contributed by atoms with Crippen LogP contribution in [0.1, 0.15) is 46.1 Å². The van der Waals surface area contributed by atoms with Crippen LogP contribution >= 0.6 is 0 Å². The van der Waals surface area contributed by atoms with Gasteiger partial charge in [-0.2, -0.15) is 0 Å². The number of rotatable bonds is 2. The normalized spacial score (nSPS) is 13.0. The minimum absolute atomic E-state index is 1.17. The molecule has 0 saturated heterocycles. The quantitative estimate of drug-likeness (QED) is 0.594. The van der Waals surface area contributed by atoms with Crippen molar-refractivity contribution in [3.8, 4) is 0 Å². The summed E-state index contributed by atoms with van der Waals surface area (Å²) in [7, 11) is 0. The summed E-state index contributed by atoms with van der Waals surface area (Å²) in [6.45, 7) is 8.00. The van der Waals surface area contributed by atoms with Gasteiger partial charge in [-0.1, -0.05) is 88.4 Å². The summed E-state index contributed by atoms with van der Waals surface area (Å²) in [6, 6.07) is 10.4. The van der Waals surface area contributed by atoms with Crippen LogP contribution in [0.25, 0.3) is 6.08 Å². The maximum Gasteiger partial charge on any atom is -0.0244 e. The van der Waals surface area contributed by atoms with Crippen LogP contribution in [0.4, 0.5) is 0 Å². The molecule has 0 aromatic heterocycles. The van der Waals surface area contributed by atoms with E-state index in [1.807, 2.05) is 33.8 Å². The molecule has 1 aromatic carbocycles. The molecule has 0 atom stereocenters. The fourth-order valence-electron chi connectivity index (χ4n) is 1.53. The zero-order chi connectivity index (χ0) is 13.6. The van der Waals surface area contributed by atoms with Gasteiger partial charge in [-0.3, -0.25) is 0 Å². The van der Waals surface area contributed by atoms with Crippen LogP contribution in [0.5, 0.6) is 0 Å². The molecule has 0 spiro atoms. The van der Waals surface area contributed by atoms with E-state index < -0.39 is 0 Å². The first-order chi connectivity index (χ1) is 8.95. The first-order valence-electron chi connectivity index (χ1n) is 7.04. The lowest BCUT2D eigenvalue weighted by Crippen LogP contribution is -1.82. The van der Waals surface area contributed by atoms with Gasteiger partial charge in [0, 0.05) is 0 Å². The van der Waals surface area contributed by atoms with Crippen molar-refractivity contribution in [2.75, 3.05) is 0 Å². The standard InChI is InChI=1S/C14H14.2C2H6/c1-3-7-13(8-4-1)11-12-14-9-5-2-6-10-14;2*1-2/h1-5,7-9,11-12H,6,10H2;2*1-2H3/b12-11+;;. The van der Waals surface area contributed by atoms with Crippen LogP contribution in [-0.4, -0.2) is 0 Å². The van der Waals surface area contributed by atoms with E-state index in [0.29, 0.717) is 0 Å². The zero-order valence-corrected chi connectivity index (χ0v) is 12.2. The van der Waals surface area contributed by atoms with Gasteiger partial charge in [0.1, 0.15) is 0 Å². The van der Waals surface area contributed by atoms with Crippen LogP contribution in [0, 0.1) is 0 Å². The van der Waals surface area contributed by atoms with Gasteiger partial charge < -0.3 is 0 Å². The molecule has 0 heteroatoms. The summed E-state index contributed by atoms with van der Waals surface area (Å²) in [6.07, 6.45) is 13.2. The molecule has 0 unspecified atom stereocenters. The topological polar surface area (TPSA) is 0 Å². The van der Waals surface area contributed by atoms with Crippen molar-refractivity contribution in [3.05, 3.63) is 65.8 Å². The lowest BCUT2D eigenvalue weighted by Gasteiger charge is -2.02. The van der Waals surface area contributed by atoms with Crippen LogP contribution in [0.3, 0.4) is 0 Å². The third kappa shape index (κ3) is 6.90. The van der Waals surface area contributed by atoms with E-state index >= 15 is 0 Å². The Balaban J connectivity index is 0.000000659. The molecule has 0 aliphatic heterocycles. The highest BCUT2D eigenvalue weighted by atomic mass is 14.0. The van der Waals surface area contributed by atoms with Crippen LogP contribution in [0.2, 0.25) is 0 Å². The second-order valence-corrected chi connectivity index (χ2v) is 3.45. The summed E-state index contributed by atoms with van der Waals surface area (Å²) < 4.78 is 0. The smallest absolute Gasteiger partial charge is 0.0244 e. The van der Waals surface area contributed by atoms with Gasteiger partial charge in [-0.05, 0) is 24.0 Å². The van der Waals surface area contributed by atoms with Crippen molar-refractivity contribution in [2.45, 2.75) is 40.5 Å². The Morgan fingerprint density at radius 2 is 1.56 bits per heavy atom. The monoisotopic (exact) mass is 242 g/mol. The van der Waals surface area contributed by atoms with Gasteiger partial charge >= 0.3 is 0 Å². The third-order valence-electron chi connectivity index (χ3n) is 2.34. The molecular weight excluding hydrogens is 216 g/mol. The predicted molar refractivity (Wildman–Crippen MR) is 84.6 cm³/mol. The van der Waals surface area contributed by atoms with E-state index in [1.165, 1.54) is 24.0 Å². The Bertz CT molecular complexity index is 366. The van der Waals surface area contributed by atoms with E-state index in [4.69, 9.17) is 0 Å². The molecule has 1 aromatic rings. The predicted octanol–water partition coefficient (Wildman–Crippen LogP) is 6.03. The molecule has 0 nitrogen and oxygen atoms in total. The number of benzene rings is 1. The Labute approximate surface area is 113 Å². The van der Waals surface area contributed by atoms with Gasteiger partial charge in [0.25, 0.3) is 0 Å². The van der Waals surface area contributed by atoms with Gasteiger partial charge in [0.15, 0.2) is 0 Å². The molecule has 1 aliphatic rings. The highest BCUT2D eigenvalue weighted by Crippen LogP contribution is 2.14. The van der Waals surface area contributed by atoms with Crippen LogP contribution in [0.15, 0.2) is 60.2 Å². The molecule has 0 saturated carbocycles. The Kier molecular flexibility index (Phi) is 10.9. The molecule has 0 heterocycles. The molecule has 0 radical (unpaired) electrons. The summed E-state index contributed by atoms with van der Waals surface area (Å²) >= 11 is 0. The summed E-state index contributed by atoms with van der Waals surface area (Å²) in [5.41, 5.74) is 2.68. The largest absolute Gasteiger partial charge is 0.0842 e. The maximum absolute atomic E-state index is 2.21. The fourth-order valence-corrected chi connectivity index (χ4v) is 1.53. The average Bonchev–Trinajstić information content (AvgIpc) is 2.51. The van der Waals surface area contributed by atoms with E-state index in [2.05, 4.69) is 54.6 Å². The lowest BCUT2D eigenvalue weighted by molar-refractivity contribution is 0.992. The zero-order valence-electron chi connectivity index (χ0n) is 12.2. The molecule has 0 amide bonds. The highest BCUT2D eigenvalue weighted by molar-refractivity contribution is 5.53. The molecule has 18 heavy (non-hydrogen) atoms. The minimum Gasteiger partial charge on any atom is -0.0842 e. The summed E-state index contributed by atoms with van der Waals surface area (Å²) in [5, 5.41) is 0. The Hall–Kier alpha value is -1.56. The average molecular weight is 242 g/mol. The number of hydrogen-bond acceptors (Lipinski definition) is 0. The number of allylic oxidation sites excluding steroid dienone is 5. The van der Waals surface area contributed by atoms with Gasteiger partial charge in [0.2, 0.25) is 0 Å². The minimum atomic E-state index is 1.17. The van der Waals surface area contributed by atoms with Crippen molar-refractivity contribution in [1.82, 2.24) is 0 Å². The molecule has 0 N–H and O–H groups in total. The SMILES string of the molecule is C1=CCCC(/C=C/c2ccccc2)=C1.CC.CC. The molecule has 98 valence electrons. The van der Waals surface area contributed by atoms with Crippen molar-refractivity contribution >= 4 is 6.08 Å². The molecule has 0 bridgehead atoms. The molecule has 0 fully saturated rings. The van der Waals surface area contributed by atoms with E-state index in [0.717, 1.165) is 0 Å². The van der Waals surface area contributed by atoms with E-state index in [9.17, 15) is 0 Å². The van der Waals surface area contributed by atoms with E-state index in [1.54, 1.807) is 0 Å². The highest BCUT2D eigenvalue weighted by Gasteiger charge is 1.94. The molecule has 1 aliphatic carbocycles. The van der Waals surface area contributed by atoms with E-state index in [-0.39, 0.29) is 0 Å². The fraction of sp³-hybridized carbons (Fsp3) is 0.333. The second-order valence-electron chi connectivity index (χ2n) is 3.45. The second kappa shape index (κ2) is 11.9. The van der Waals surface area contributed by atoms with Gasteiger partial charge in [0.05, 0.1) is 0 Å². The Morgan fingerprint density at radius 1 is 0.889 bits per heavy atom. The van der Waals surface area contributed by atoms with Crippen LogP contribution < -0.4 is 0 Å². The van der Waals surface area contributed by atoms with Crippen molar-refractivity contribution in [1.29, 1.82) is 0 Å². The lowest BCUT2D eigenvalue weighted by atomic mass is 10.0. The van der Waals surface area contributed by atoms with Crippen molar-refractivity contribution in [2.24, 2.45) is 0 Å². The maximum atomic E-state index is 2.21. The van der Waals surface area contributed by atoms with Gasteiger partial charge in [-0.15, -0.1) is 0 Å².